The van der Waals surface area contributed by atoms with E-state index in [4.69, 9.17) is 0 Å². The lowest BCUT2D eigenvalue weighted by Crippen LogP contribution is -2.59. The fourth-order valence-corrected chi connectivity index (χ4v) is 4.65. The summed E-state index contributed by atoms with van der Waals surface area (Å²) in [5, 5.41) is 20.2. The van der Waals surface area contributed by atoms with Crippen molar-refractivity contribution in [2.45, 2.75) is 44.7 Å². The van der Waals surface area contributed by atoms with Crippen molar-refractivity contribution in [2.75, 3.05) is 13.1 Å². The lowest BCUT2D eigenvalue weighted by atomic mass is 9.79. The Labute approximate surface area is 174 Å². The average Bonchev–Trinajstić information content (AvgIpc) is 3.43. The molecule has 1 saturated carbocycles. The molecule has 1 saturated heterocycles. The van der Waals surface area contributed by atoms with Gasteiger partial charge in [-0.15, -0.1) is 0 Å². The summed E-state index contributed by atoms with van der Waals surface area (Å²) in [5.74, 6) is 0.448. The number of aromatic nitrogens is 5. The lowest BCUT2D eigenvalue weighted by Gasteiger charge is -2.49. The van der Waals surface area contributed by atoms with Crippen LogP contribution in [-0.2, 0) is 0 Å². The third-order valence-electron chi connectivity index (χ3n) is 6.32. The molecule has 0 atom stereocenters. The smallest absolute Gasteiger partial charge is 0.272 e. The summed E-state index contributed by atoms with van der Waals surface area (Å²) in [6.45, 7) is 3.73. The molecule has 0 aromatic carbocycles. The molecule has 1 aliphatic heterocycles. The highest BCUT2D eigenvalue weighted by Crippen LogP contribution is 2.35. The molecular weight excluding hydrogens is 380 g/mol. The molecule has 154 valence electrons. The first-order chi connectivity index (χ1) is 14.5. The van der Waals surface area contributed by atoms with Crippen molar-refractivity contribution in [3.63, 3.8) is 0 Å². The van der Waals surface area contributed by atoms with E-state index in [0.29, 0.717) is 23.1 Å². The minimum absolute atomic E-state index is 0.133. The van der Waals surface area contributed by atoms with Crippen LogP contribution in [0.1, 0.15) is 43.1 Å². The number of nitrogens with zero attached hydrogens (tertiary/aromatic N) is 6. The maximum absolute atomic E-state index is 13.1. The molecule has 9 heteroatoms. The third-order valence-corrected chi connectivity index (χ3v) is 6.32. The monoisotopic (exact) mass is 404 g/mol. The van der Waals surface area contributed by atoms with Gasteiger partial charge in [-0.3, -0.25) is 19.4 Å². The lowest BCUT2D eigenvalue weighted by molar-refractivity contribution is 0.00181. The number of hydrogen-bond acceptors (Lipinski definition) is 6. The van der Waals surface area contributed by atoms with Crippen LogP contribution in [-0.4, -0.2) is 60.7 Å². The zero-order valence-electron chi connectivity index (χ0n) is 16.9. The molecule has 30 heavy (non-hydrogen) atoms. The van der Waals surface area contributed by atoms with Gasteiger partial charge in [0.05, 0.1) is 23.2 Å². The zero-order valence-corrected chi connectivity index (χ0v) is 16.9. The van der Waals surface area contributed by atoms with Gasteiger partial charge in [-0.25, -0.2) is 9.97 Å². The van der Waals surface area contributed by atoms with Gasteiger partial charge in [-0.2, -0.15) is 10.4 Å². The molecule has 0 radical (unpaired) electrons. The summed E-state index contributed by atoms with van der Waals surface area (Å²) in [5.41, 5.74) is 0.802. The van der Waals surface area contributed by atoms with Crippen LogP contribution in [0.15, 0.2) is 31.0 Å². The molecule has 2 aliphatic rings. The van der Waals surface area contributed by atoms with Crippen LogP contribution in [0.2, 0.25) is 0 Å². The predicted octanol–water partition coefficient (Wildman–Crippen LogP) is 2.03. The van der Waals surface area contributed by atoms with Crippen LogP contribution in [0.25, 0.3) is 16.7 Å². The Kier molecular flexibility index (Phi) is 4.51. The standard InChI is InChI=1S/C21H24N8O/c1-21(10-22)11-29(12-21)16-4-2-15(3-5-16)25-20(30)19-18-14(9-24-27-18)8-17(26-19)28-7-6-23-13-28/h6-9,13,15-16H,2-5,11-12H2,1H3,(H,24,27)(H,25,30)/t15-,16-. The molecule has 4 heterocycles. The average molecular weight is 404 g/mol. The molecular formula is C21H24N8O. The van der Waals surface area contributed by atoms with Gasteiger partial charge in [0.15, 0.2) is 5.69 Å². The van der Waals surface area contributed by atoms with Crippen molar-refractivity contribution in [2.24, 2.45) is 5.41 Å². The number of nitrogens with one attached hydrogen (secondary N) is 2. The number of likely N-dealkylation sites (tertiary alicyclic amines) is 1. The fraction of sp³-hybridized carbons (Fsp3) is 0.476. The van der Waals surface area contributed by atoms with E-state index in [1.54, 1.807) is 29.5 Å². The van der Waals surface area contributed by atoms with E-state index in [-0.39, 0.29) is 17.4 Å². The number of aromatic amines is 1. The van der Waals surface area contributed by atoms with E-state index < -0.39 is 0 Å². The van der Waals surface area contributed by atoms with E-state index in [9.17, 15) is 10.1 Å². The van der Waals surface area contributed by atoms with Gasteiger partial charge in [0.25, 0.3) is 5.91 Å². The van der Waals surface area contributed by atoms with Crippen LogP contribution in [0.3, 0.4) is 0 Å². The minimum Gasteiger partial charge on any atom is -0.348 e. The van der Waals surface area contributed by atoms with E-state index >= 15 is 0 Å². The molecule has 0 bridgehead atoms. The van der Waals surface area contributed by atoms with Gasteiger partial charge in [0, 0.05) is 43.0 Å². The maximum atomic E-state index is 13.1. The number of pyridine rings is 1. The Hall–Kier alpha value is -3.25. The van der Waals surface area contributed by atoms with Crippen molar-refractivity contribution in [1.29, 1.82) is 5.26 Å². The number of carbonyl (C=O) groups is 1. The summed E-state index contributed by atoms with van der Waals surface area (Å²) in [4.78, 5) is 24.1. The van der Waals surface area contributed by atoms with E-state index in [0.717, 1.165) is 44.2 Å². The largest absolute Gasteiger partial charge is 0.348 e. The Morgan fingerprint density at radius 2 is 2.13 bits per heavy atom. The summed E-state index contributed by atoms with van der Waals surface area (Å²) in [7, 11) is 0. The minimum atomic E-state index is -0.188. The summed E-state index contributed by atoms with van der Waals surface area (Å²) in [6, 6.07) is 4.94. The predicted molar refractivity (Wildman–Crippen MR) is 110 cm³/mol. The third kappa shape index (κ3) is 3.33. The first kappa shape index (κ1) is 18.8. The van der Waals surface area contributed by atoms with Crippen molar-refractivity contribution in [3.05, 3.63) is 36.7 Å². The van der Waals surface area contributed by atoms with Crippen LogP contribution >= 0.6 is 0 Å². The topological polar surface area (TPSA) is 116 Å². The van der Waals surface area contributed by atoms with Crippen LogP contribution in [0.5, 0.6) is 0 Å². The summed E-state index contributed by atoms with van der Waals surface area (Å²) >= 11 is 0. The first-order valence-electron chi connectivity index (χ1n) is 10.3. The van der Waals surface area contributed by atoms with Gasteiger partial charge < -0.3 is 5.32 Å². The molecule has 3 aromatic rings. The molecule has 1 aliphatic carbocycles. The Morgan fingerprint density at radius 1 is 1.33 bits per heavy atom. The molecule has 9 nitrogen and oxygen atoms in total. The van der Waals surface area contributed by atoms with Crippen molar-refractivity contribution in [3.8, 4) is 11.9 Å². The first-order valence-corrected chi connectivity index (χ1v) is 10.3. The normalized spacial score (nSPS) is 23.6. The highest BCUT2D eigenvalue weighted by molar-refractivity contribution is 6.04. The fourth-order valence-electron chi connectivity index (χ4n) is 4.65. The quantitative estimate of drug-likeness (QED) is 0.687. The number of H-pyrrole nitrogens is 1. The molecule has 5 rings (SSSR count). The molecule has 2 fully saturated rings. The van der Waals surface area contributed by atoms with Gasteiger partial charge in [-0.1, -0.05) is 0 Å². The number of fused-ring (bicyclic) bond motifs is 1. The number of carbonyl (C=O) groups excluding carboxylic acids is 1. The van der Waals surface area contributed by atoms with E-state index in [1.807, 2.05) is 13.0 Å². The Bertz CT molecular complexity index is 1100. The second kappa shape index (κ2) is 7.22. The second-order valence-electron chi connectivity index (χ2n) is 8.69. The molecule has 3 aromatic heterocycles. The van der Waals surface area contributed by atoms with Gasteiger partial charge in [0.1, 0.15) is 12.1 Å². The zero-order chi connectivity index (χ0) is 20.7. The van der Waals surface area contributed by atoms with Crippen molar-refractivity contribution in [1.82, 2.24) is 34.9 Å². The second-order valence-corrected chi connectivity index (χ2v) is 8.69. The maximum Gasteiger partial charge on any atom is 0.272 e. The summed E-state index contributed by atoms with van der Waals surface area (Å²) in [6.07, 6.45) is 10.8. The van der Waals surface area contributed by atoms with E-state index in [1.165, 1.54) is 0 Å². The van der Waals surface area contributed by atoms with Crippen LogP contribution < -0.4 is 5.32 Å². The molecule has 0 spiro atoms. The highest BCUT2D eigenvalue weighted by Gasteiger charge is 2.43. The molecule has 1 amide bonds. The van der Waals surface area contributed by atoms with E-state index in [2.05, 4.69) is 36.5 Å². The summed E-state index contributed by atoms with van der Waals surface area (Å²) < 4.78 is 1.77. The Balaban J connectivity index is 1.26. The molecule has 2 N–H and O–H groups in total. The van der Waals surface area contributed by atoms with Crippen molar-refractivity contribution < 1.29 is 4.79 Å². The number of imidazole rings is 1. The van der Waals surface area contributed by atoms with Gasteiger partial charge >= 0.3 is 0 Å². The number of amides is 1. The number of nitriles is 1. The SMILES string of the molecule is CC1(C#N)CN([C@H]2CC[C@H](NC(=O)c3nc(-n4ccnc4)cc4cn[nH]c34)CC2)C1. The molecule has 0 unspecified atom stereocenters. The van der Waals surface area contributed by atoms with Crippen LogP contribution in [0, 0.1) is 16.7 Å². The van der Waals surface area contributed by atoms with Gasteiger partial charge in [-0.05, 0) is 38.7 Å². The number of rotatable bonds is 4. The Morgan fingerprint density at radius 3 is 2.83 bits per heavy atom. The van der Waals surface area contributed by atoms with Crippen LogP contribution in [0.4, 0.5) is 0 Å². The van der Waals surface area contributed by atoms with Crippen molar-refractivity contribution >= 4 is 16.8 Å². The number of hydrogen-bond donors (Lipinski definition) is 2. The van der Waals surface area contributed by atoms with Gasteiger partial charge in [0.2, 0.25) is 0 Å². The highest BCUT2D eigenvalue weighted by atomic mass is 16.2.